The molecule has 0 spiro atoms. The molecule has 12 rings (SSSR count). The molecule has 0 saturated heterocycles. The van der Waals surface area contributed by atoms with Crippen molar-refractivity contribution >= 4 is 65.6 Å². The molecule has 0 saturated carbocycles. The van der Waals surface area contributed by atoms with Crippen molar-refractivity contribution in [2.45, 2.75) is 0 Å². The molecular formula is C51H31N5O. The Morgan fingerprint density at radius 1 is 0.351 bits per heavy atom. The zero-order valence-corrected chi connectivity index (χ0v) is 30.5. The van der Waals surface area contributed by atoms with Crippen molar-refractivity contribution in [1.82, 2.24) is 24.1 Å². The number of hydrogen-bond acceptors (Lipinski definition) is 4. The molecule has 4 heterocycles. The molecule has 0 radical (unpaired) electrons. The van der Waals surface area contributed by atoms with Crippen LogP contribution in [0.5, 0.6) is 0 Å². The van der Waals surface area contributed by atoms with E-state index >= 15 is 0 Å². The monoisotopic (exact) mass is 729 g/mol. The Balaban J connectivity index is 1.16. The van der Waals surface area contributed by atoms with Crippen LogP contribution in [0.1, 0.15) is 0 Å². The van der Waals surface area contributed by atoms with Crippen LogP contribution < -0.4 is 0 Å². The Kier molecular flexibility index (Phi) is 6.83. The number of benzene rings is 8. The average Bonchev–Trinajstić information content (AvgIpc) is 3.94. The maximum absolute atomic E-state index is 6.96. The maximum atomic E-state index is 6.96. The van der Waals surface area contributed by atoms with E-state index in [1.807, 2.05) is 60.7 Å². The van der Waals surface area contributed by atoms with Gasteiger partial charge in [0, 0.05) is 54.7 Å². The SMILES string of the molecule is c1ccc(-c2nc(-c3ccccc3)nc(-c3ccc4c(c3)c3c5c(ccc3n4-c3ccccc3)oc3c(-n4c6ccccc6c6ccccc64)cccc35)n2)cc1. The van der Waals surface area contributed by atoms with E-state index in [2.05, 4.69) is 137 Å². The Hall–Kier alpha value is -7.83. The summed E-state index contributed by atoms with van der Waals surface area (Å²) >= 11 is 0. The molecule has 0 fully saturated rings. The number of furan rings is 1. The van der Waals surface area contributed by atoms with Gasteiger partial charge in [-0.15, -0.1) is 0 Å². The zero-order valence-electron chi connectivity index (χ0n) is 30.5. The van der Waals surface area contributed by atoms with Crippen molar-refractivity contribution in [3.05, 3.63) is 188 Å². The Morgan fingerprint density at radius 3 is 1.53 bits per heavy atom. The molecule has 6 heteroatoms. The number of rotatable bonds is 5. The van der Waals surface area contributed by atoms with Crippen LogP contribution >= 0.6 is 0 Å². The van der Waals surface area contributed by atoms with Crippen LogP contribution in [0.2, 0.25) is 0 Å². The fourth-order valence-corrected chi connectivity index (χ4v) is 8.67. The van der Waals surface area contributed by atoms with Crippen LogP contribution in [-0.2, 0) is 0 Å². The summed E-state index contributed by atoms with van der Waals surface area (Å²) in [7, 11) is 0. The summed E-state index contributed by atoms with van der Waals surface area (Å²) in [5.74, 6) is 1.88. The lowest BCUT2D eigenvalue weighted by molar-refractivity contribution is 0.666. The molecule has 8 aromatic carbocycles. The van der Waals surface area contributed by atoms with E-state index in [1.165, 1.54) is 10.8 Å². The first kappa shape index (κ1) is 31.5. The number of aromatic nitrogens is 5. The Bertz CT molecular complexity index is 3400. The van der Waals surface area contributed by atoms with Crippen molar-refractivity contribution in [2.24, 2.45) is 0 Å². The minimum Gasteiger partial charge on any atom is -0.454 e. The standard InChI is InChI=1S/C51H31N5O/c1-4-15-32(16-5-1)49-52-50(33-17-6-2-7-18-33)54-51(53-49)34-27-28-42-39(31-34)46-43(55(42)35-19-8-3-9-20-35)29-30-45-47(46)38-23-14-26-44(48(38)57-45)56-40-24-12-10-21-36(40)37-22-11-13-25-41(37)56/h1-31H. The zero-order chi connectivity index (χ0) is 37.5. The van der Waals surface area contributed by atoms with Crippen molar-refractivity contribution < 1.29 is 4.42 Å². The predicted octanol–water partition coefficient (Wildman–Crippen LogP) is 13.0. The van der Waals surface area contributed by atoms with Gasteiger partial charge in [-0.1, -0.05) is 127 Å². The summed E-state index contributed by atoms with van der Waals surface area (Å²) in [6.45, 7) is 0. The highest BCUT2D eigenvalue weighted by molar-refractivity contribution is 6.28. The van der Waals surface area contributed by atoms with Gasteiger partial charge in [0.25, 0.3) is 0 Å². The summed E-state index contributed by atoms with van der Waals surface area (Å²) in [5, 5.41) is 6.77. The topological polar surface area (TPSA) is 61.7 Å². The second-order valence-electron chi connectivity index (χ2n) is 14.4. The van der Waals surface area contributed by atoms with Gasteiger partial charge in [0.1, 0.15) is 5.58 Å². The minimum absolute atomic E-state index is 0.614. The van der Waals surface area contributed by atoms with Crippen LogP contribution in [0.4, 0.5) is 0 Å². The summed E-state index contributed by atoms with van der Waals surface area (Å²) < 4.78 is 11.6. The first-order valence-electron chi connectivity index (χ1n) is 19.1. The van der Waals surface area contributed by atoms with Gasteiger partial charge in [0.05, 0.1) is 27.8 Å². The van der Waals surface area contributed by atoms with Gasteiger partial charge in [-0.05, 0) is 60.7 Å². The van der Waals surface area contributed by atoms with Crippen molar-refractivity contribution in [2.75, 3.05) is 0 Å². The van der Waals surface area contributed by atoms with Crippen LogP contribution in [0.25, 0.3) is 111 Å². The van der Waals surface area contributed by atoms with Gasteiger partial charge in [-0.2, -0.15) is 0 Å². The normalized spacial score (nSPS) is 11.9. The smallest absolute Gasteiger partial charge is 0.164 e. The third kappa shape index (κ3) is 4.81. The Morgan fingerprint density at radius 2 is 0.877 bits per heavy atom. The summed E-state index contributed by atoms with van der Waals surface area (Å²) in [6.07, 6.45) is 0. The van der Waals surface area contributed by atoms with E-state index in [-0.39, 0.29) is 0 Å². The van der Waals surface area contributed by atoms with Crippen molar-refractivity contribution in [3.63, 3.8) is 0 Å². The molecule has 6 nitrogen and oxygen atoms in total. The van der Waals surface area contributed by atoms with Crippen LogP contribution in [0.3, 0.4) is 0 Å². The fourth-order valence-electron chi connectivity index (χ4n) is 8.67. The lowest BCUT2D eigenvalue weighted by Crippen LogP contribution is -2.00. The second kappa shape index (κ2) is 12.3. The molecule has 0 unspecified atom stereocenters. The molecule has 57 heavy (non-hydrogen) atoms. The molecule has 0 bridgehead atoms. The van der Waals surface area contributed by atoms with Crippen LogP contribution in [0, 0.1) is 0 Å². The van der Waals surface area contributed by atoms with E-state index < -0.39 is 0 Å². The molecule has 12 aromatic rings. The van der Waals surface area contributed by atoms with E-state index in [4.69, 9.17) is 19.4 Å². The largest absolute Gasteiger partial charge is 0.454 e. The maximum Gasteiger partial charge on any atom is 0.164 e. The van der Waals surface area contributed by atoms with E-state index in [0.29, 0.717) is 17.5 Å². The van der Waals surface area contributed by atoms with Gasteiger partial charge >= 0.3 is 0 Å². The predicted molar refractivity (Wildman–Crippen MR) is 232 cm³/mol. The lowest BCUT2D eigenvalue weighted by Gasteiger charge is -2.09. The second-order valence-corrected chi connectivity index (χ2v) is 14.4. The van der Waals surface area contributed by atoms with Gasteiger partial charge in [-0.3, -0.25) is 0 Å². The molecule has 266 valence electrons. The highest BCUT2D eigenvalue weighted by Gasteiger charge is 2.23. The first-order chi connectivity index (χ1) is 28.3. The highest BCUT2D eigenvalue weighted by Crippen LogP contribution is 2.44. The summed E-state index contributed by atoms with van der Waals surface area (Å²) in [6, 6.07) is 65.4. The molecule has 0 aliphatic rings. The number of hydrogen-bond donors (Lipinski definition) is 0. The molecule has 0 atom stereocenters. The highest BCUT2D eigenvalue weighted by atomic mass is 16.3. The quantitative estimate of drug-likeness (QED) is 0.177. The van der Waals surface area contributed by atoms with E-state index in [0.717, 1.165) is 82.8 Å². The summed E-state index contributed by atoms with van der Waals surface area (Å²) in [5.41, 5.74) is 11.0. The third-order valence-electron chi connectivity index (χ3n) is 11.2. The average molecular weight is 730 g/mol. The van der Waals surface area contributed by atoms with Crippen LogP contribution in [-0.4, -0.2) is 24.1 Å². The number of para-hydroxylation sites is 4. The lowest BCUT2D eigenvalue weighted by atomic mass is 10.0. The molecule has 0 amide bonds. The van der Waals surface area contributed by atoms with Gasteiger partial charge in [-0.25, -0.2) is 15.0 Å². The first-order valence-corrected chi connectivity index (χ1v) is 19.1. The molecule has 0 aliphatic carbocycles. The van der Waals surface area contributed by atoms with Gasteiger partial charge in [0.15, 0.2) is 23.1 Å². The van der Waals surface area contributed by atoms with E-state index in [1.54, 1.807) is 0 Å². The number of nitrogens with zero attached hydrogens (tertiary/aromatic N) is 5. The van der Waals surface area contributed by atoms with E-state index in [9.17, 15) is 0 Å². The molecular weight excluding hydrogens is 699 g/mol. The van der Waals surface area contributed by atoms with Crippen LogP contribution in [0.15, 0.2) is 192 Å². The third-order valence-corrected chi connectivity index (χ3v) is 11.2. The molecule has 0 N–H and O–H groups in total. The van der Waals surface area contributed by atoms with Crippen molar-refractivity contribution in [1.29, 1.82) is 0 Å². The molecule has 0 aliphatic heterocycles. The minimum atomic E-state index is 0.614. The number of fused-ring (bicyclic) bond motifs is 10. The summed E-state index contributed by atoms with van der Waals surface area (Å²) in [4.78, 5) is 15.1. The fraction of sp³-hybridized carbons (Fsp3) is 0. The van der Waals surface area contributed by atoms with Crippen molar-refractivity contribution in [3.8, 4) is 45.5 Å². The molecule has 4 aromatic heterocycles. The van der Waals surface area contributed by atoms with Gasteiger partial charge in [0.2, 0.25) is 0 Å². The Labute approximate surface area is 326 Å². The van der Waals surface area contributed by atoms with Gasteiger partial charge < -0.3 is 13.6 Å².